The standard InChI is InChI=1S/C42H76N2/c1-3-5-7-9-11-13-15-17-19-20-22-24-26-28-33-37-42-43(39-40-44(42)41-35-31-30-32-36-41)38-34-29-27-25-23-21-18-16-14-12-10-8-6-4-2/h30-32,35-36,39-40,42H,3-29,33-34,37-38H2,1-2H3. The van der Waals surface area contributed by atoms with Gasteiger partial charge in [0.25, 0.3) is 0 Å². The van der Waals surface area contributed by atoms with Crippen LogP contribution < -0.4 is 4.90 Å². The van der Waals surface area contributed by atoms with Gasteiger partial charge in [-0.25, -0.2) is 0 Å². The van der Waals surface area contributed by atoms with Gasteiger partial charge < -0.3 is 9.80 Å². The fourth-order valence-electron chi connectivity index (χ4n) is 7.09. The number of rotatable bonds is 32. The highest BCUT2D eigenvalue weighted by molar-refractivity contribution is 5.51. The zero-order valence-corrected chi connectivity index (χ0v) is 29.9. The predicted molar refractivity (Wildman–Crippen MR) is 198 cm³/mol. The summed E-state index contributed by atoms with van der Waals surface area (Å²) in [5.41, 5.74) is 1.35. The van der Waals surface area contributed by atoms with Crippen LogP contribution in [0.1, 0.15) is 206 Å². The zero-order valence-electron chi connectivity index (χ0n) is 29.9. The maximum absolute atomic E-state index is 2.65. The van der Waals surface area contributed by atoms with Gasteiger partial charge in [-0.2, -0.15) is 0 Å². The van der Waals surface area contributed by atoms with E-state index >= 15 is 0 Å². The molecule has 1 heterocycles. The Hall–Kier alpha value is -1.44. The molecule has 1 aromatic carbocycles. The molecule has 2 heteroatoms. The Morgan fingerprint density at radius 3 is 1.18 bits per heavy atom. The van der Waals surface area contributed by atoms with E-state index in [0.29, 0.717) is 6.17 Å². The molecule has 0 fully saturated rings. The minimum absolute atomic E-state index is 0.501. The van der Waals surface area contributed by atoms with E-state index in [1.807, 2.05) is 0 Å². The molecular formula is C42H76N2. The number of hydrogen-bond donors (Lipinski definition) is 0. The number of para-hydroxylation sites is 1. The third-order valence-electron chi connectivity index (χ3n) is 10.0. The largest absolute Gasteiger partial charge is 0.356 e. The van der Waals surface area contributed by atoms with Crippen LogP contribution in [0.25, 0.3) is 0 Å². The van der Waals surface area contributed by atoms with Crippen molar-refractivity contribution in [2.24, 2.45) is 0 Å². The maximum Gasteiger partial charge on any atom is 0.105 e. The third kappa shape index (κ3) is 19.8. The van der Waals surface area contributed by atoms with E-state index in [0.717, 1.165) is 0 Å². The van der Waals surface area contributed by atoms with E-state index in [9.17, 15) is 0 Å². The van der Waals surface area contributed by atoms with E-state index in [1.165, 1.54) is 205 Å². The van der Waals surface area contributed by atoms with Crippen LogP contribution in [0.3, 0.4) is 0 Å². The van der Waals surface area contributed by atoms with Crippen molar-refractivity contribution in [1.82, 2.24) is 4.90 Å². The molecule has 0 saturated carbocycles. The average Bonchev–Trinajstić information content (AvgIpc) is 3.45. The van der Waals surface area contributed by atoms with Crippen molar-refractivity contribution in [2.75, 3.05) is 11.4 Å². The molecular weight excluding hydrogens is 532 g/mol. The van der Waals surface area contributed by atoms with Gasteiger partial charge in [-0.1, -0.05) is 205 Å². The Labute approximate surface area is 276 Å². The summed E-state index contributed by atoms with van der Waals surface area (Å²) < 4.78 is 0. The van der Waals surface area contributed by atoms with Gasteiger partial charge in [-0.15, -0.1) is 0 Å². The molecule has 0 bridgehead atoms. The first-order chi connectivity index (χ1) is 21.9. The van der Waals surface area contributed by atoms with E-state index in [-0.39, 0.29) is 0 Å². The first-order valence-corrected chi connectivity index (χ1v) is 20.1. The number of hydrogen-bond acceptors (Lipinski definition) is 2. The van der Waals surface area contributed by atoms with E-state index in [4.69, 9.17) is 0 Å². The average molecular weight is 609 g/mol. The smallest absolute Gasteiger partial charge is 0.105 e. The maximum atomic E-state index is 2.65. The van der Waals surface area contributed by atoms with Crippen molar-refractivity contribution in [1.29, 1.82) is 0 Å². The second-order valence-electron chi connectivity index (χ2n) is 14.1. The second kappa shape index (κ2) is 29.0. The molecule has 0 spiro atoms. The van der Waals surface area contributed by atoms with E-state index in [2.05, 4.69) is 66.4 Å². The van der Waals surface area contributed by atoms with Crippen LogP contribution in [0.15, 0.2) is 42.7 Å². The fraction of sp³-hybridized carbons (Fsp3) is 0.810. The molecule has 0 saturated heterocycles. The van der Waals surface area contributed by atoms with Crippen LogP contribution in [-0.4, -0.2) is 17.6 Å². The van der Waals surface area contributed by atoms with Gasteiger partial charge in [-0.3, -0.25) is 0 Å². The molecule has 0 N–H and O–H groups in total. The van der Waals surface area contributed by atoms with Crippen LogP contribution in [-0.2, 0) is 0 Å². The molecule has 254 valence electrons. The first kappa shape index (κ1) is 38.7. The molecule has 1 aliphatic rings. The van der Waals surface area contributed by atoms with Gasteiger partial charge in [0.05, 0.1) is 0 Å². The first-order valence-electron chi connectivity index (χ1n) is 20.1. The quantitative estimate of drug-likeness (QED) is 0.0751. The fourth-order valence-corrected chi connectivity index (χ4v) is 7.09. The summed E-state index contributed by atoms with van der Waals surface area (Å²) in [5.74, 6) is 0. The van der Waals surface area contributed by atoms with E-state index in [1.54, 1.807) is 0 Å². The highest BCUT2D eigenvalue weighted by Crippen LogP contribution is 2.28. The molecule has 2 nitrogen and oxygen atoms in total. The molecule has 1 atom stereocenters. The molecule has 2 rings (SSSR count). The van der Waals surface area contributed by atoms with Gasteiger partial charge in [0, 0.05) is 24.6 Å². The highest BCUT2D eigenvalue weighted by Gasteiger charge is 2.26. The van der Waals surface area contributed by atoms with Gasteiger partial charge >= 0.3 is 0 Å². The number of anilines is 1. The lowest BCUT2D eigenvalue weighted by Crippen LogP contribution is -2.39. The normalized spacial score (nSPS) is 14.7. The summed E-state index contributed by atoms with van der Waals surface area (Å²) in [5, 5.41) is 0. The van der Waals surface area contributed by atoms with Crippen LogP contribution in [0, 0.1) is 0 Å². The summed E-state index contributed by atoms with van der Waals surface area (Å²) in [6, 6.07) is 11.1. The van der Waals surface area contributed by atoms with Crippen LogP contribution in [0.5, 0.6) is 0 Å². The van der Waals surface area contributed by atoms with Gasteiger partial charge in [-0.05, 0) is 31.4 Å². The van der Waals surface area contributed by atoms with Crippen molar-refractivity contribution in [2.45, 2.75) is 213 Å². The van der Waals surface area contributed by atoms with E-state index < -0.39 is 0 Å². The van der Waals surface area contributed by atoms with Crippen LogP contribution >= 0.6 is 0 Å². The second-order valence-corrected chi connectivity index (χ2v) is 14.1. The summed E-state index contributed by atoms with van der Waals surface area (Å²) >= 11 is 0. The van der Waals surface area contributed by atoms with Crippen LogP contribution in [0.2, 0.25) is 0 Å². The summed E-state index contributed by atoms with van der Waals surface area (Å²) in [4.78, 5) is 5.19. The molecule has 44 heavy (non-hydrogen) atoms. The minimum Gasteiger partial charge on any atom is -0.356 e. The Bertz CT molecular complexity index is 743. The molecule has 1 aromatic rings. The van der Waals surface area contributed by atoms with Gasteiger partial charge in [0.1, 0.15) is 6.17 Å². The lowest BCUT2D eigenvalue weighted by molar-refractivity contribution is 0.273. The Morgan fingerprint density at radius 2 is 0.773 bits per heavy atom. The van der Waals surface area contributed by atoms with Crippen molar-refractivity contribution >= 4 is 5.69 Å². The number of benzene rings is 1. The lowest BCUT2D eigenvalue weighted by atomic mass is 10.0. The lowest BCUT2D eigenvalue weighted by Gasteiger charge is -2.33. The molecule has 0 aliphatic carbocycles. The SMILES string of the molecule is CCCCCCCCCCCCCCCCCC1N(CCCCCCCCCCCCCCCC)C=CN1c1ccccc1. The molecule has 0 amide bonds. The Kier molecular flexibility index (Phi) is 25.5. The molecule has 1 unspecified atom stereocenters. The van der Waals surface area contributed by atoms with Crippen molar-refractivity contribution in [3.05, 3.63) is 42.7 Å². The van der Waals surface area contributed by atoms with Crippen molar-refractivity contribution < 1.29 is 0 Å². The zero-order chi connectivity index (χ0) is 31.2. The molecule has 1 aliphatic heterocycles. The highest BCUT2D eigenvalue weighted by atomic mass is 15.4. The van der Waals surface area contributed by atoms with Gasteiger partial charge in [0.15, 0.2) is 0 Å². The summed E-state index contributed by atoms with van der Waals surface area (Å²) in [6.07, 6.45) is 48.1. The van der Waals surface area contributed by atoms with Crippen molar-refractivity contribution in [3.63, 3.8) is 0 Å². The number of nitrogens with zero attached hydrogens (tertiary/aromatic N) is 2. The Balaban J connectivity index is 1.51. The summed E-state index contributed by atoms with van der Waals surface area (Å²) in [6.45, 7) is 5.83. The topological polar surface area (TPSA) is 6.48 Å². The minimum atomic E-state index is 0.501. The molecule has 0 radical (unpaired) electrons. The predicted octanol–water partition coefficient (Wildman–Crippen LogP) is 14.3. The third-order valence-corrected chi connectivity index (χ3v) is 10.0. The summed E-state index contributed by atoms with van der Waals surface area (Å²) in [7, 11) is 0. The Morgan fingerprint density at radius 1 is 0.409 bits per heavy atom. The molecule has 0 aromatic heterocycles. The van der Waals surface area contributed by atoms with Crippen LogP contribution in [0.4, 0.5) is 5.69 Å². The monoisotopic (exact) mass is 609 g/mol. The van der Waals surface area contributed by atoms with Crippen molar-refractivity contribution in [3.8, 4) is 0 Å². The van der Waals surface area contributed by atoms with Gasteiger partial charge in [0.2, 0.25) is 0 Å². The number of unbranched alkanes of at least 4 members (excludes halogenated alkanes) is 27.